The quantitative estimate of drug-likeness (QED) is 0.725. The molecule has 6 nitrogen and oxygen atoms in total. The number of rotatable bonds is 4. The predicted molar refractivity (Wildman–Crippen MR) is 77.1 cm³/mol. The van der Waals surface area contributed by atoms with Gasteiger partial charge in [-0.1, -0.05) is 0 Å². The molecule has 6 heteroatoms. The third-order valence-electron chi connectivity index (χ3n) is 2.94. The SMILES string of the molecule is CC(C)(C)N(CCO)C(=O)C(=O)N(CCO)C(C)(C)C. The van der Waals surface area contributed by atoms with E-state index in [1.165, 1.54) is 9.80 Å². The number of hydrogen-bond donors (Lipinski definition) is 2. The molecular weight excluding hydrogens is 260 g/mol. The average molecular weight is 288 g/mol. The maximum absolute atomic E-state index is 12.4. The molecule has 0 aromatic rings. The lowest BCUT2D eigenvalue weighted by molar-refractivity contribution is -0.158. The van der Waals surface area contributed by atoms with Crippen LogP contribution in [0, 0.1) is 0 Å². The molecule has 2 N–H and O–H groups in total. The van der Waals surface area contributed by atoms with Crippen molar-refractivity contribution in [3.05, 3.63) is 0 Å². The third-order valence-corrected chi connectivity index (χ3v) is 2.94. The molecule has 0 saturated heterocycles. The molecule has 0 aromatic heterocycles. The van der Waals surface area contributed by atoms with Crippen LogP contribution in [-0.4, -0.2) is 69.2 Å². The van der Waals surface area contributed by atoms with Gasteiger partial charge in [0.25, 0.3) is 0 Å². The van der Waals surface area contributed by atoms with Gasteiger partial charge in [0.1, 0.15) is 0 Å². The first-order chi connectivity index (χ1) is 8.96. The van der Waals surface area contributed by atoms with Gasteiger partial charge in [0.2, 0.25) is 0 Å². The molecule has 0 radical (unpaired) electrons. The summed E-state index contributed by atoms with van der Waals surface area (Å²) in [6.07, 6.45) is 0. The van der Waals surface area contributed by atoms with Crippen molar-refractivity contribution in [3.8, 4) is 0 Å². The maximum atomic E-state index is 12.4. The first-order valence-electron chi connectivity index (χ1n) is 6.82. The Hall–Kier alpha value is -1.14. The van der Waals surface area contributed by atoms with E-state index in [9.17, 15) is 9.59 Å². The summed E-state index contributed by atoms with van der Waals surface area (Å²) in [6, 6.07) is 0. The Morgan fingerprint density at radius 2 is 1.00 bits per heavy atom. The van der Waals surface area contributed by atoms with Crippen molar-refractivity contribution in [2.45, 2.75) is 52.6 Å². The molecule has 0 saturated carbocycles. The van der Waals surface area contributed by atoms with Crippen LogP contribution in [-0.2, 0) is 9.59 Å². The Labute approximate surface area is 121 Å². The minimum Gasteiger partial charge on any atom is -0.395 e. The van der Waals surface area contributed by atoms with E-state index >= 15 is 0 Å². The van der Waals surface area contributed by atoms with Crippen LogP contribution in [0.15, 0.2) is 0 Å². The molecule has 0 aliphatic carbocycles. The number of amides is 2. The molecule has 0 bridgehead atoms. The average Bonchev–Trinajstić information content (AvgIpc) is 2.28. The van der Waals surface area contributed by atoms with E-state index < -0.39 is 22.9 Å². The van der Waals surface area contributed by atoms with E-state index in [0.29, 0.717) is 0 Å². The van der Waals surface area contributed by atoms with Crippen molar-refractivity contribution in [1.82, 2.24) is 9.80 Å². The number of nitrogens with zero attached hydrogens (tertiary/aromatic N) is 2. The highest BCUT2D eigenvalue weighted by Crippen LogP contribution is 2.18. The molecule has 20 heavy (non-hydrogen) atoms. The van der Waals surface area contributed by atoms with Gasteiger partial charge in [0, 0.05) is 24.2 Å². The number of carbonyl (C=O) groups excluding carboxylic acids is 2. The van der Waals surface area contributed by atoms with E-state index in [0.717, 1.165) is 0 Å². The minimum absolute atomic E-state index is 0.102. The van der Waals surface area contributed by atoms with Crippen molar-refractivity contribution < 1.29 is 19.8 Å². The summed E-state index contributed by atoms with van der Waals surface area (Å²) in [7, 11) is 0. The monoisotopic (exact) mass is 288 g/mol. The zero-order valence-corrected chi connectivity index (χ0v) is 13.4. The first kappa shape index (κ1) is 18.9. The molecule has 0 spiro atoms. The Balaban J connectivity index is 5.27. The van der Waals surface area contributed by atoms with Gasteiger partial charge in [0.05, 0.1) is 13.2 Å². The fourth-order valence-corrected chi connectivity index (χ4v) is 1.91. The minimum atomic E-state index is -0.657. The maximum Gasteiger partial charge on any atom is 0.312 e. The molecule has 0 aliphatic rings. The molecule has 0 aliphatic heterocycles. The second-order valence-electron chi connectivity index (χ2n) is 6.70. The van der Waals surface area contributed by atoms with E-state index in [1.807, 2.05) is 0 Å². The summed E-state index contributed by atoms with van der Waals surface area (Å²) in [5.74, 6) is -1.31. The number of aliphatic hydroxyl groups is 2. The topological polar surface area (TPSA) is 81.1 Å². The molecular formula is C14H28N2O4. The largest absolute Gasteiger partial charge is 0.395 e. The summed E-state index contributed by atoms with van der Waals surface area (Å²) >= 11 is 0. The van der Waals surface area contributed by atoms with Crippen molar-refractivity contribution in [3.63, 3.8) is 0 Å². The van der Waals surface area contributed by atoms with Crippen LogP contribution in [0.4, 0.5) is 0 Å². The van der Waals surface area contributed by atoms with Gasteiger partial charge >= 0.3 is 11.8 Å². The highest BCUT2D eigenvalue weighted by atomic mass is 16.3. The fourth-order valence-electron chi connectivity index (χ4n) is 1.91. The smallest absolute Gasteiger partial charge is 0.312 e. The van der Waals surface area contributed by atoms with Crippen LogP contribution >= 0.6 is 0 Å². The van der Waals surface area contributed by atoms with E-state index in [4.69, 9.17) is 10.2 Å². The second-order valence-corrected chi connectivity index (χ2v) is 6.70. The fraction of sp³-hybridized carbons (Fsp3) is 0.857. The van der Waals surface area contributed by atoms with Crippen LogP contribution in [0.1, 0.15) is 41.5 Å². The highest BCUT2D eigenvalue weighted by Gasteiger charge is 2.36. The van der Waals surface area contributed by atoms with Crippen LogP contribution < -0.4 is 0 Å². The number of hydrogen-bond acceptors (Lipinski definition) is 4. The van der Waals surface area contributed by atoms with Crippen molar-refractivity contribution in [2.24, 2.45) is 0 Å². The van der Waals surface area contributed by atoms with Crippen molar-refractivity contribution >= 4 is 11.8 Å². The second kappa shape index (κ2) is 7.04. The van der Waals surface area contributed by atoms with Gasteiger partial charge in [-0.05, 0) is 41.5 Å². The van der Waals surface area contributed by atoms with Crippen molar-refractivity contribution in [1.29, 1.82) is 0 Å². The van der Waals surface area contributed by atoms with Gasteiger partial charge < -0.3 is 20.0 Å². The van der Waals surface area contributed by atoms with Crippen LogP contribution in [0.5, 0.6) is 0 Å². The molecule has 0 rings (SSSR count). The molecule has 0 fully saturated rings. The van der Waals surface area contributed by atoms with E-state index in [-0.39, 0.29) is 26.3 Å². The van der Waals surface area contributed by atoms with Gasteiger partial charge in [-0.2, -0.15) is 0 Å². The standard InChI is InChI=1S/C14H28N2O4/c1-13(2,3)15(7-9-17)11(19)12(20)16(8-10-18)14(4,5)6/h17-18H,7-10H2,1-6H3. The number of β-amino-alcohol motifs (C(OH)–C–C–N with tert-alkyl or cyclic N) is 2. The van der Waals surface area contributed by atoms with Gasteiger partial charge in [-0.25, -0.2) is 0 Å². The van der Waals surface area contributed by atoms with Crippen LogP contribution in [0.3, 0.4) is 0 Å². The van der Waals surface area contributed by atoms with Gasteiger partial charge in [0.15, 0.2) is 0 Å². The van der Waals surface area contributed by atoms with Gasteiger partial charge in [-0.15, -0.1) is 0 Å². The molecule has 0 heterocycles. The van der Waals surface area contributed by atoms with Crippen LogP contribution in [0.25, 0.3) is 0 Å². The summed E-state index contributed by atoms with van der Waals surface area (Å²) in [5.41, 5.74) is -1.11. The lowest BCUT2D eigenvalue weighted by atomic mass is 10.0. The predicted octanol–water partition coefficient (Wildman–Crippen LogP) is 0.225. The molecule has 0 atom stereocenters. The van der Waals surface area contributed by atoms with Crippen LogP contribution in [0.2, 0.25) is 0 Å². The normalized spacial score (nSPS) is 12.2. The molecule has 2 amide bonds. The molecule has 0 unspecified atom stereocenters. The number of aliphatic hydroxyl groups excluding tert-OH is 2. The zero-order chi connectivity index (χ0) is 16.1. The Morgan fingerprint density at radius 1 is 0.750 bits per heavy atom. The molecule has 0 aromatic carbocycles. The Kier molecular flexibility index (Phi) is 6.64. The highest BCUT2D eigenvalue weighted by molar-refractivity contribution is 6.35. The molecule has 118 valence electrons. The number of carbonyl (C=O) groups is 2. The lowest BCUT2D eigenvalue weighted by Crippen LogP contribution is -2.57. The lowest BCUT2D eigenvalue weighted by Gasteiger charge is -2.39. The Bertz CT molecular complexity index is 308. The summed E-state index contributed by atoms with van der Waals surface area (Å²) in [4.78, 5) is 27.5. The Morgan fingerprint density at radius 3 is 1.15 bits per heavy atom. The van der Waals surface area contributed by atoms with E-state index in [2.05, 4.69) is 0 Å². The van der Waals surface area contributed by atoms with E-state index in [1.54, 1.807) is 41.5 Å². The summed E-state index contributed by atoms with van der Waals surface area (Å²) < 4.78 is 0. The zero-order valence-electron chi connectivity index (χ0n) is 13.4. The first-order valence-corrected chi connectivity index (χ1v) is 6.82. The summed E-state index contributed by atoms with van der Waals surface area (Å²) in [5, 5.41) is 18.1. The van der Waals surface area contributed by atoms with Gasteiger partial charge in [-0.3, -0.25) is 9.59 Å². The van der Waals surface area contributed by atoms with Crippen molar-refractivity contribution in [2.75, 3.05) is 26.3 Å². The third kappa shape index (κ3) is 5.09. The summed E-state index contributed by atoms with van der Waals surface area (Å²) in [6.45, 7) is 10.6.